The molecule has 1 aromatic carbocycles. The molecule has 0 N–H and O–H groups in total. The van der Waals surface area contributed by atoms with Crippen LogP contribution in [-0.2, 0) is 15.1 Å². The molecule has 1 rings (SSSR count). The van der Waals surface area contributed by atoms with Crippen LogP contribution in [0.4, 0.5) is 0 Å². The minimum absolute atomic E-state index is 0.436. The maximum atomic E-state index is 10.4. The molecular weight excluding hydrogens is 208 g/mol. The highest BCUT2D eigenvalue weighted by Crippen LogP contribution is 2.31. The van der Waals surface area contributed by atoms with Gasteiger partial charge in [-0.2, -0.15) is 0 Å². The van der Waals surface area contributed by atoms with Gasteiger partial charge in [0.15, 0.2) is 0 Å². The summed E-state index contributed by atoms with van der Waals surface area (Å²) in [6.45, 7) is 4.04. The quantitative estimate of drug-likeness (QED) is 0.718. The lowest BCUT2D eigenvalue weighted by atomic mass is 9.97. The van der Waals surface area contributed by atoms with Crippen molar-refractivity contribution in [3.05, 3.63) is 23.8 Å². The van der Waals surface area contributed by atoms with Gasteiger partial charge in [-0.1, -0.05) is 0 Å². The Bertz CT molecular complexity index is 349. The summed E-state index contributed by atoms with van der Waals surface area (Å²) < 4.78 is 15.3. The van der Waals surface area contributed by atoms with Gasteiger partial charge in [0.1, 0.15) is 17.1 Å². The summed E-state index contributed by atoms with van der Waals surface area (Å²) >= 11 is 0. The molecule has 4 heteroatoms. The highest BCUT2D eigenvalue weighted by molar-refractivity contribution is 5.44. The van der Waals surface area contributed by atoms with Crippen molar-refractivity contribution in [2.75, 3.05) is 14.2 Å². The van der Waals surface area contributed by atoms with Crippen LogP contribution in [0.15, 0.2) is 18.2 Å². The third-order valence-electron chi connectivity index (χ3n) is 2.39. The molecule has 0 aliphatic carbocycles. The molecule has 0 fully saturated rings. The molecule has 4 nitrogen and oxygen atoms in total. The number of rotatable bonds is 5. The number of carbonyl (C=O) groups is 1. The molecule has 0 saturated carbocycles. The Balaban J connectivity index is 3.16. The summed E-state index contributed by atoms with van der Waals surface area (Å²) in [6.07, 6.45) is 0. The van der Waals surface area contributed by atoms with Gasteiger partial charge < -0.3 is 14.2 Å². The molecule has 16 heavy (non-hydrogen) atoms. The molecular formula is C12H16O4. The average Bonchev–Trinajstić information content (AvgIpc) is 2.28. The standard InChI is InChI=1S/C12H16O4/c1-12(2,16-8-13)9-5-10(14-3)7-11(6-9)15-4/h5-8H,1-4H3. The highest BCUT2D eigenvalue weighted by atomic mass is 16.5. The van der Waals surface area contributed by atoms with Crippen molar-refractivity contribution in [2.24, 2.45) is 0 Å². The van der Waals surface area contributed by atoms with E-state index in [1.54, 1.807) is 34.1 Å². The second-order valence-corrected chi connectivity index (χ2v) is 3.83. The maximum absolute atomic E-state index is 10.4. The summed E-state index contributed by atoms with van der Waals surface area (Å²) in [7, 11) is 3.15. The van der Waals surface area contributed by atoms with E-state index >= 15 is 0 Å². The van der Waals surface area contributed by atoms with Crippen molar-refractivity contribution in [1.29, 1.82) is 0 Å². The van der Waals surface area contributed by atoms with Gasteiger partial charge in [0.2, 0.25) is 0 Å². The van der Waals surface area contributed by atoms with Crippen LogP contribution in [-0.4, -0.2) is 20.7 Å². The normalized spacial score (nSPS) is 10.8. The number of carbonyl (C=O) groups excluding carboxylic acids is 1. The van der Waals surface area contributed by atoms with E-state index in [0.717, 1.165) is 5.56 Å². The largest absolute Gasteiger partial charge is 0.497 e. The molecule has 0 saturated heterocycles. The van der Waals surface area contributed by atoms with Crippen molar-refractivity contribution in [3.8, 4) is 11.5 Å². The van der Waals surface area contributed by atoms with E-state index in [1.165, 1.54) is 0 Å². The van der Waals surface area contributed by atoms with Gasteiger partial charge in [-0.25, -0.2) is 0 Å². The molecule has 1 aromatic rings. The fraction of sp³-hybridized carbons (Fsp3) is 0.417. The molecule has 0 unspecified atom stereocenters. The summed E-state index contributed by atoms with van der Waals surface area (Å²) in [6, 6.07) is 5.39. The zero-order valence-electron chi connectivity index (χ0n) is 9.94. The molecule has 0 aromatic heterocycles. The predicted molar refractivity (Wildman–Crippen MR) is 59.7 cm³/mol. The van der Waals surface area contributed by atoms with Crippen molar-refractivity contribution in [3.63, 3.8) is 0 Å². The van der Waals surface area contributed by atoms with Crippen LogP contribution in [0.1, 0.15) is 19.4 Å². The molecule has 0 atom stereocenters. The number of hydrogen-bond acceptors (Lipinski definition) is 4. The van der Waals surface area contributed by atoms with Crippen molar-refractivity contribution in [1.82, 2.24) is 0 Å². The Labute approximate surface area is 95.1 Å². The number of methoxy groups -OCH3 is 2. The molecule has 0 aliphatic heterocycles. The lowest BCUT2D eigenvalue weighted by Gasteiger charge is -2.24. The third-order valence-corrected chi connectivity index (χ3v) is 2.39. The summed E-state index contributed by atoms with van der Waals surface area (Å²) in [5, 5.41) is 0. The fourth-order valence-electron chi connectivity index (χ4n) is 1.34. The second-order valence-electron chi connectivity index (χ2n) is 3.83. The maximum Gasteiger partial charge on any atom is 0.293 e. The fourth-order valence-corrected chi connectivity index (χ4v) is 1.34. The van der Waals surface area contributed by atoms with E-state index in [1.807, 2.05) is 12.1 Å². The monoisotopic (exact) mass is 224 g/mol. The molecule has 0 amide bonds. The molecule has 0 radical (unpaired) electrons. The zero-order chi connectivity index (χ0) is 12.2. The average molecular weight is 224 g/mol. The minimum atomic E-state index is -0.705. The van der Waals surface area contributed by atoms with Crippen LogP contribution in [0.5, 0.6) is 11.5 Å². The molecule has 0 heterocycles. The van der Waals surface area contributed by atoms with E-state index < -0.39 is 5.60 Å². The Hall–Kier alpha value is -1.71. The SMILES string of the molecule is COc1cc(OC)cc(C(C)(C)OC=O)c1. The van der Waals surface area contributed by atoms with Crippen molar-refractivity contribution in [2.45, 2.75) is 19.4 Å². The third kappa shape index (κ3) is 2.66. The second kappa shape index (κ2) is 4.88. The van der Waals surface area contributed by atoms with Crippen LogP contribution in [0.25, 0.3) is 0 Å². The van der Waals surface area contributed by atoms with E-state index in [4.69, 9.17) is 14.2 Å². The predicted octanol–water partition coefficient (Wildman–Crippen LogP) is 2.11. The van der Waals surface area contributed by atoms with Crippen LogP contribution in [0.3, 0.4) is 0 Å². The van der Waals surface area contributed by atoms with Gasteiger partial charge in [0.25, 0.3) is 6.47 Å². The number of hydrogen-bond donors (Lipinski definition) is 0. The topological polar surface area (TPSA) is 44.8 Å². The van der Waals surface area contributed by atoms with Crippen molar-refractivity contribution >= 4 is 6.47 Å². The van der Waals surface area contributed by atoms with Gasteiger partial charge in [0.05, 0.1) is 14.2 Å². The lowest BCUT2D eigenvalue weighted by molar-refractivity contribution is -0.141. The van der Waals surface area contributed by atoms with Gasteiger partial charge >= 0.3 is 0 Å². The minimum Gasteiger partial charge on any atom is -0.497 e. The molecule has 0 bridgehead atoms. The smallest absolute Gasteiger partial charge is 0.293 e. The summed E-state index contributed by atoms with van der Waals surface area (Å²) in [5.41, 5.74) is 0.111. The van der Waals surface area contributed by atoms with E-state index in [2.05, 4.69) is 0 Å². The Morgan fingerprint density at radius 3 is 1.94 bits per heavy atom. The number of benzene rings is 1. The molecule has 0 aliphatic rings. The van der Waals surface area contributed by atoms with Crippen LogP contribution < -0.4 is 9.47 Å². The van der Waals surface area contributed by atoms with E-state index in [9.17, 15) is 4.79 Å². The van der Waals surface area contributed by atoms with Crippen LogP contribution >= 0.6 is 0 Å². The van der Waals surface area contributed by atoms with Crippen LogP contribution in [0.2, 0.25) is 0 Å². The Kier molecular flexibility index (Phi) is 3.77. The molecule has 0 spiro atoms. The summed E-state index contributed by atoms with van der Waals surface area (Å²) in [5.74, 6) is 1.33. The first-order valence-corrected chi connectivity index (χ1v) is 4.88. The number of ether oxygens (including phenoxy) is 3. The van der Waals surface area contributed by atoms with Gasteiger partial charge in [-0.15, -0.1) is 0 Å². The van der Waals surface area contributed by atoms with E-state index in [-0.39, 0.29) is 0 Å². The first-order chi connectivity index (χ1) is 7.53. The summed E-state index contributed by atoms with van der Waals surface area (Å²) in [4.78, 5) is 10.4. The molecule has 88 valence electrons. The highest BCUT2D eigenvalue weighted by Gasteiger charge is 2.23. The van der Waals surface area contributed by atoms with Gasteiger partial charge in [-0.05, 0) is 26.0 Å². The van der Waals surface area contributed by atoms with Gasteiger partial charge in [-0.3, -0.25) is 4.79 Å². The first-order valence-electron chi connectivity index (χ1n) is 4.88. The first kappa shape index (κ1) is 12.4. The van der Waals surface area contributed by atoms with Crippen molar-refractivity contribution < 1.29 is 19.0 Å². The van der Waals surface area contributed by atoms with E-state index in [0.29, 0.717) is 18.0 Å². The Morgan fingerprint density at radius 2 is 1.56 bits per heavy atom. The zero-order valence-corrected chi connectivity index (χ0v) is 9.94. The van der Waals surface area contributed by atoms with Gasteiger partial charge in [0, 0.05) is 11.6 Å². The Morgan fingerprint density at radius 1 is 1.06 bits per heavy atom. The van der Waals surface area contributed by atoms with Crippen LogP contribution in [0, 0.1) is 0 Å². The lowest BCUT2D eigenvalue weighted by Crippen LogP contribution is -2.20.